The Hall–Kier alpha value is -2.55. The number of amidine groups is 1. The highest BCUT2D eigenvalue weighted by atomic mass is 16.5. The molecule has 6 nitrogen and oxygen atoms in total. The van der Waals surface area contributed by atoms with Crippen LogP contribution < -0.4 is 15.9 Å². The van der Waals surface area contributed by atoms with E-state index in [-0.39, 0.29) is 11.5 Å². The standard InChI is InChI=1S/C11H11N5O/c12-6-9(11(13)14)16-15-8-2-1-3-10-7(8)4-5-17-10/h1-3,15H,4-5H2,(H3,13,14)/b16-9+. The summed E-state index contributed by atoms with van der Waals surface area (Å²) in [4.78, 5) is 0. The molecule has 0 fully saturated rings. The average molecular weight is 229 g/mol. The van der Waals surface area contributed by atoms with Gasteiger partial charge in [-0.3, -0.25) is 10.8 Å². The summed E-state index contributed by atoms with van der Waals surface area (Å²) in [5.74, 6) is 0.468. The smallest absolute Gasteiger partial charge is 0.201 e. The van der Waals surface area contributed by atoms with E-state index < -0.39 is 0 Å². The monoisotopic (exact) mass is 229 g/mol. The molecular weight excluding hydrogens is 218 g/mol. The van der Waals surface area contributed by atoms with Crippen molar-refractivity contribution in [1.29, 1.82) is 10.7 Å². The van der Waals surface area contributed by atoms with Gasteiger partial charge in [-0.1, -0.05) is 6.07 Å². The highest BCUT2D eigenvalue weighted by molar-refractivity contribution is 6.45. The van der Waals surface area contributed by atoms with E-state index >= 15 is 0 Å². The minimum Gasteiger partial charge on any atom is -0.493 e. The van der Waals surface area contributed by atoms with E-state index in [1.54, 1.807) is 6.07 Å². The summed E-state index contributed by atoms with van der Waals surface area (Å²) < 4.78 is 5.40. The molecule has 0 unspecified atom stereocenters. The summed E-state index contributed by atoms with van der Waals surface area (Å²) >= 11 is 0. The summed E-state index contributed by atoms with van der Waals surface area (Å²) in [7, 11) is 0. The molecule has 0 aromatic heterocycles. The molecule has 17 heavy (non-hydrogen) atoms. The molecule has 1 aromatic rings. The minimum atomic E-state index is -0.358. The van der Waals surface area contributed by atoms with Crippen molar-refractivity contribution in [2.45, 2.75) is 6.42 Å². The topological polar surface area (TPSA) is 107 Å². The Kier molecular flexibility index (Phi) is 2.92. The second-order valence-corrected chi connectivity index (χ2v) is 3.48. The quantitative estimate of drug-likeness (QED) is 0.405. The molecule has 1 heterocycles. The van der Waals surface area contributed by atoms with E-state index in [0.717, 1.165) is 23.4 Å². The van der Waals surface area contributed by atoms with Gasteiger partial charge in [-0.25, -0.2) is 0 Å². The summed E-state index contributed by atoms with van der Waals surface area (Å²) in [5.41, 5.74) is 9.59. The van der Waals surface area contributed by atoms with Crippen molar-refractivity contribution in [3.8, 4) is 11.8 Å². The SMILES string of the molecule is N#C/C(=N\Nc1cccc2c1CCO2)C(=N)N. The maximum Gasteiger partial charge on any atom is 0.201 e. The van der Waals surface area contributed by atoms with Gasteiger partial charge in [0.25, 0.3) is 0 Å². The maximum absolute atomic E-state index is 8.70. The molecule has 0 saturated carbocycles. The van der Waals surface area contributed by atoms with Gasteiger partial charge in [0, 0.05) is 12.0 Å². The number of fused-ring (bicyclic) bond motifs is 1. The fourth-order valence-corrected chi connectivity index (χ4v) is 1.59. The third kappa shape index (κ3) is 2.18. The van der Waals surface area contributed by atoms with E-state index in [4.69, 9.17) is 21.1 Å². The van der Waals surface area contributed by atoms with Crippen LogP contribution in [0.15, 0.2) is 23.3 Å². The molecule has 0 radical (unpaired) electrons. The Balaban J connectivity index is 2.24. The van der Waals surface area contributed by atoms with Crippen LogP contribution in [-0.4, -0.2) is 18.2 Å². The van der Waals surface area contributed by atoms with Gasteiger partial charge in [0.2, 0.25) is 5.71 Å². The normalized spacial score (nSPS) is 13.5. The third-order valence-corrected chi connectivity index (χ3v) is 2.39. The molecule has 0 atom stereocenters. The summed E-state index contributed by atoms with van der Waals surface area (Å²) in [6, 6.07) is 7.30. The van der Waals surface area contributed by atoms with Gasteiger partial charge in [0.15, 0.2) is 5.84 Å². The number of hydrogen-bond donors (Lipinski definition) is 3. The summed E-state index contributed by atoms with van der Waals surface area (Å²) in [5, 5.41) is 19.6. The zero-order chi connectivity index (χ0) is 12.3. The van der Waals surface area contributed by atoms with Crippen LogP contribution in [0.4, 0.5) is 5.69 Å². The number of nitrogens with two attached hydrogens (primary N) is 1. The van der Waals surface area contributed by atoms with Crippen molar-refractivity contribution in [3.05, 3.63) is 23.8 Å². The number of nitriles is 1. The number of benzene rings is 1. The molecule has 4 N–H and O–H groups in total. The van der Waals surface area contributed by atoms with Crippen LogP contribution in [0.5, 0.6) is 5.75 Å². The minimum absolute atomic E-state index is 0.137. The zero-order valence-electron chi connectivity index (χ0n) is 9.03. The number of rotatable bonds is 3. The van der Waals surface area contributed by atoms with Gasteiger partial charge in [-0.05, 0) is 12.1 Å². The molecule has 0 aliphatic carbocycles. The molecule has 86 valence electrons. The lowest BCUT2D eigenvalue weighted by Gasteiger charge is -2.05. The molecule has 1 aliphatic rings. The number of hydrogen-bond acceptors (Lipinski definition) is 5. The van der Waals surface area contributed by atoms with Crippen LogP contribution >= 0.6 is 0 Å². The second-order valence-electron chi connectivity index (χ2n) is 3.48. The summed E-state index contributed by atoms with van der Waals surface area (Å²) in [6.45, 7) is 0.648. The first-order chi connectivity index (χ1) is 8.22. The lowest BCUT2D eigenvalue weighted by Crippen LogP contribution is -2.21. The number of nitrogens with one attached hydrogen (secondary N) is 2. The van der Waals surface area contributed by atoms with Gasteiger partial charge in [-0.2, -0.15) is 10.4 Å². The molecule has 0 bridgehead atoms. The Bertz CT molecular complexity index is 529. The molecular formula is C11H11N5O. The lowest BCUT2D eigenvalue weighted by atomic mass is 10.1. The van der Waals surface area contributed by atoms with Gasteiger partial charge in [-0.15, -0.1) is 0 Å². The van der Waals surface area contributed by atoms with Crippen LogP contribution in [0.1, 0.15) is 5.56 Å². The van der Waals surface area contributed by atoms with Crippen LogP contribution in [0, 0.1) is 16.7 Å². The Morgan fingerprint density at radius 1 is 1.59 bits per heavy atom. The fourth-order valence-electron chi connectivity index (χ4n) is 1.59. The van der Waals surface area contributed by atoms with E-state index in [2.05, 4.69) is 10.5 Å². The number of anilines is 1. The van der Waals surface area contributed by atoms with Crippen molar-refractivity contribution >= 4 is 17.2 Å². The number of hydrazone groups is 1. The molecule has 0 amide bonds. The first-order valence-electron chi connectivity index (χ1n) is 5.05. The lowest BCUT2D eigenvalue weighted by molar-refractivity contribution is 0.357. The number of ether oxygens (including phenoxy) is 1. The second kappa shape index (κ2) is 4.53. The molecule has 2 rings (SSSR count). The fraction of sp³-hybridized carbons (Fsp3) is 0.182. The largest absolute Gasteiger partial charge is 0.493 e. The van der Waals surface area contributed by atoms with Crippen LogP contribution in [0.2, 0.25) is 0 Å². The van der Waals surface area contributed by atoms with Gasteiger partial charge < -0.3 is 10.5 Å². The predicted molar refractivity (Wildman–Crippen MR) is 64.2 cm³/mol. The highest BCUT2D eigenvalue weighted by Gasteiger charge is 2.15. The Labute approximate surface area is 98.2 Å². The average Bonchev–Trinajstić information content (AvgIpc) is 2.78. The van der Waals surface area contributed by atoms with E-state index in [1.165, 1.54) is 0 Å². The van der Waals surface area contributed by atoms with Gasteiger partial charge in [0.05, 0.1) is 12.3 Å². The summed E-state index contributed by atoms with van der Waals surface area (Å²) in [6.07, 6.45) is 0.802. The molecule has 0 saturated heterocycles. The van der Waals surface area contributed by atoms with Crippen molar-refractivity contribution in [3.63, 3.8) is 0 Å². The van der Waals surface area contributed by atoms with Crippen molar-refractivity contribution in [2.24, 2.45) is 10.8 Å². The molecule has 0 spiro atoms. The Morgan fingerprint density at radius 3 is 3.12 bits per heavy atom. The Morgan fingerprint density at radius 2 is 2.41 bits per heavy atom. The van der Waals surface area contributed by atoms with E-state index in [1.807, 2.05) is 18.2 Å². The molecule has 1 aliphatic heterocycles. The molecule has 6 heteroatoms. The number of nitrogens with zero attached hydrogens (tertiary/aromatic N) is 2. The van der Waals surface area contributed by atoms with E-state index in [0.29, 0.717) is 6.61 Å². The third-order valence-electron chi connectivity index (χ3n) is 2.39. The van der Waals surface area contributed by atoms with Crippen LogP contribution in [0.3, 0.4) is 0 Å². The van der Waals surface area contributed by atoms with E-state index in [9.17, 15) is 0 Å². The predicted octanol–water partition coefficient (Wildman–Crippen LogP) is 0.849. The van der Waals surface area contributed by atoms with Crippen molar-refractivity contribution in [2.75, 3.05) is 12.0 Å². The van der Waals surface area contributed by atoms with Crippen molar-refractivity contribution < 1.29 is 4.74 Å². The van der Waals surface area contributed by atoms with Crippen LogP contribution in [0.25, 0.3) is 0 Å². The van der Waals surface area contributed by atoms with Gasteiger partial charge >= 0.3 is 0 Å². The first-order valence-corrected chi connectivity index (χ1v) is 5.05. The van der Waals surface area contributed by atoms with Crippen molar-refractivity contribution in [1.82, 2.24) is 0 Å². The zero-order valence-corrected chi connectivity index (χ0v) is 9.03. The maximum atomic E-state index is 8.70. The van der Waals surface area contributed by atoms with Gasteiger partial charge in [0.1, 0.15) is 11.8 Å². The molecule has 1 aromatic carbocycles. The highest BCUT2D eigenvalue weighted by Crippen LogP contribution is 2.31. The first kappa shape index (κ1) is 11.0. The van der Waals surface area contributed by atoms with Crippen LogP contribution in [-0.2, 0) is 6.42 Å².